The number of nitrogens with zero attached hydrogens (tertiary/aromatic N) is 1. The first-order valence-corrected chi connectivity index (χ1v) is 8.69. The van der Waals surface area contributed by atoms with Crippen LogP contribution in [0.3, 0.4) is 0 Å². The molecule has 1 aromatic rings. The Bertz CT molecular complexity index is 545. The fraction of sp³-hybridized carbons (Fsp3) is 0.571. The van der Waals surface area contributed by atoms with Crippen molar-refractivity contribution < 1.29 is 13.2 Å². The van der Waals surface area contributed by atoms with Crippen molar-refractivity contribution in [3.05, 3.63) is 24.3 Å². The smallest absolute Gasteiger partial charge is 0.238 e. The Labute approximate surface area is 126 Å². The van der Waals surface area contributed by atoms with E-state index in [1.807, 2.05) is 7.05 Å². The van der Waals surface area contributed by atoms with Crippen molar-refractivity contribution in [3.8, 4) is 5.75 Å². The number of hydrogen-bond acceptors (Lipinski definition) is 5. The summed E-state index contributed by atoms with van der Waals surface area (Å²) in [5.41, 5.74) is 0. The molecule has 0 radical (unpaired) electrons. The van der Waals surface area contributed by atoms with Gasteiger partial charge in [0, 0.05) is 19.1 Å². The minimum absolute atomic E-state index is 0.100. The average Bonchev–Trinajstić information content (AvgIpc) is 2.86. The summed E-state index contributed by atoms with van der Waals surface area (Å²) < 4.78 is 28.0. The highest BCUT2D eigenvalue weighted by Crippen LogP contribution is 2.17. The number of benzene rings is 1. The average molecular weight is 313 g/mol. The predicted octanol–water partition coefficient (Wildman–Crippen LogP) is 0.397. The summed E-state index contributed by atoms with van der Waals surface area (Å²) in [6.45, 7) is 3.58. The van der Waals surface area contributed by atoms with Gasteiger partial charge in [-0.1, -0.05) is 0 Å². The molecule has 1 atom stereocenters. The van der Waals surface area contributed by atoms with Crippen LogP contribution in [-0.4, -0.2) is 52.6 Å². The third-order valence-corrected chi connectivity index (χ3v) is 4.67. The topological polar surface area (TPSA) is 84.7 Å². The van der Waals surface area contributed by atoms with Crippen LogP contribution in [-0.2, 0) is 10.0 Å². The molecule has 1 saturated heterocycles. The third kappa shape index (κ3) is 4.67. The van der Waals surface area contributed by atoms with Gasteiger partial charge < -0.3 is 10.1 Å². The van der Waals surface area contributed by atoms with Gasteiger partial charge in [0.05, 0.1) is 4.90 Å². The normalized spacial score (nSPS) is 19.8. The van der Waals surface area contributed by atoms with E-state index in [9.17, 15) is 8.42 Å². The molecule has 0 amide bonds. The van der Waals surface area contributed by atoms with Gasteiger partial charge in [0.15, 0.2) is 0 Å². The van der Waals surface area contributed by atoms with Gasteiger partial charge in [0.2, 0.25) is 10.0 Å². The Morgan fingerprint density at radius 2 is 2.10 bits per heavy atom. The molecule has 3 N–H and O–H groups in total. The third-order valence-electron chi connectivity index (χ3n) is 3.74. The highest BCUT2D eigenvalue weighted by molar-refractivity contribution is 7.89. The van der Waals surface area contributed by atoms with Crippen LogP contribution in [0.25, 0.3) is 0 Å². The first kappa shape index (κ1) is 16.2. The lowest BCUT2D eigenvalue weighted by atomic mass is 10.2. The zero-order valence-electron chi connectivity index (χ0n) is 12.3. The molecule has 6 nitrogen and oxygen atoms in total. The van der Waals surface area contributed by atoms with Crippen molar-refractivity contribution in [3.63, 3.8) is 0 Å². The molecule has 118 valence electrons. The number of hydrogen-bond donors (Lipinski definition) is 2. The number of sulfonamides is 1. The number of likely N-dealkylation sites (N-methyl/N-ethyl adjacent to an activating group) is 1. The van der Waals surface area contributed by atoms with E-state index in [2.05, 4.69) is 10.2 Å². The Balaban J connectivity index is 1.81. The molecule has 0 spiro atoms. The van der Waals surface area contributed by atoms with E-state index >= 15 is 0 Å². The van der Waals surface area contributed by atoms with Crippen molar-refractivity contribution in [2.45, 2.75) is 23.8 Å². The highest BCUT2D eigenvalue weighted by Gasteiger charge is 2.23. The molecule has 7 heteroatoms. The standard InChI is InChI=1S/C14H23N3O3S/c1-16-11-12-3-2-8-17(12)9-10-20-13-4-6-14(7-5-13)21(15,18)19/h4-7,12,16H,2-3,8-11H2,1H3,(H2,15,18,19). The van der Waals surface area contributed by atoms with Gasteiger partial charge in [0.1, 0.15) is 12.4 Å². The van der Waals surface area contributed by atoms with Gasteiger partial charge in [-0.2, -0.15) is 0 Å². The summed E-state index contributed by atoms with van der Waals surface area (Å²) in [6.07, 6.45) is 2.46. The molecule has 2 rings (SSSR count). The van der Waals surface area contributed by atoms with Gasteiger partial charge >= 0.3 is 0 Å². The quantitative estimate of drug-likeness (QED) is 0.761. The van der Waals surface area contributed by atoms with E-state index in [0.717, 1.165) is 19.6 Å². The maximum Gasteiger partial charge on any atom is 0.238 e. The monoisotopic (exact) mass is 313 g/mol. The Kier molecular flexibility index (Phi) is 5.58. The lowest BCUT2D eigenvalue weighted by molar-refractivity contribution is 0.195. The van der Waals surface area contributed by atoms with E-state index in [1.54, 1.807) is 12.1 Å². The molecule has 0 bridgehead atoms. The molecule has 1 fully saturated rings. The first-order valence-electron chi connectivity index (χ1n) is 7.15. The summed E-state index contributed by atoms with van der Waals surface area (Å²) >= 11 is 0. The first-order chi connectivity index (χ1) is 10.0. The maximum atomic E-state index is 11.2. The van der Waals surface area contributed by atoms with Gasteiger partial charge in [-0.15, -0.1) is 0 Å². The fourth-order valence-electron chi connectivity index (χ4n) is 2.66. The van der Waals surface area contributed by atoms with E-state index in [-0.39, 0.29) is 4.90 Å². The summed E-state index contributed by atoms with van der Waals surface area (Å²) in [6, 6.07) is 6.78. The van der Waals surface area contributed by atoms with Gasteiger partial charge in [-0.25, -0.2) is 13.6 Å². The van der Waals surface area contributed by atoms with Gasteiger partial charge in [-0.05, 0) is 50.7 Å². The molecule has 1 aliphatic rings. The molecule has 1 heterocycles. The van der Waals surface area contributed by atoms with Crippen molar-refractivity contribution >= 4 is 10.0 Å². The Hall–Kier alpha value is -1.15. The van der Waals surface area contributed by atoms with Crippen LogP contribution in [0.2, 0.25) is 0 Å². The van der Waals surface area contributed by atoms with Crippen LogP contribution in [0, 0.1) is 0 Å². The fourth-order valence-corrected chi connectivity index (χ4v) is 3.18. The van der Waals surface area contributed by atoms with Crippen LogP contribution < -0.4 is 15.2 Å². The minimum atomic E-state index is -3.64. The second-order valence-corrected chi connectivity index (χ2v) is 6.82. The molecule has 1 unspecified atom stereocenters. The molecule has 1 aliphatic heterocycles. The van der Waals surface area contributed by atoms with Crippen molar-refractivity contribution in [2.24, 2.45) is 5.14 Å². The van der Waals surface area contributed by atoms with E-state index in [1.165, 1.54) is 25.0 Å². The lowest BCUT2D eigenvalue weighted by Gasteiger charge is -2.24. The molecular formula is C14H23N3O3S. The number of primary sulfonamides is 1. The SMILES string of the molecule is CNCC1CCCN1CCOc1ccc(S(N)(=O)=O)cc1. The van der Waals surface area contributed by atoms with E-state index in [4.69, 9.17) is 9.88 Å². The zero-order valence-corrected chi connectivity index (χ0v) is 13.1. The van der Waals surface area contributed by atoms with Crippen LogP contribution in [0.15, 0.2) is 29.2 Å². The minimum Gasteiger partial charge on any atom is -0.492 e. The highest BCUT2D eigenvalue weighted by atomic mass is 32.2. The number of nitrogens with one attached hydrogen (secondary N) is 1. The molecular weight excluding hydrogens is 290 g/mol. The van der Waals surface area contributed by atoms with Crippen molar-refractivity contribution in [1.82, 2.24) is 10.2 Å². The summed E-state index contributed by atoms with van der Waals surface area (Å²) in [4.78, 5) is 2.53. The summed E-state index contributed by atoms with van der Waals surface area (Å²) in [5, 5.41) is 8.27. The van der Waals surface area contributed by atoms with Crippen LogP contribution in [0.1, 0.15) is 12.8 Å². The van der Waals surface area contributed by atoms with Crippen LogP contribution >= 0.6 is 0 Å². The van der Waals surface area contributed by atoms with Crippen LogP contribution in [0.4, 0.5) is 0 Å². The number of likely N-dealkylation sites (tertiary alicyclic amines) is 1. The van der Waals surface area contributed by atoms with E-state index < -0.39 is 10.0 Å². The second-order valence-electron chi connectivity index (χ2n) is 5.25. The second kappa shape index (κ2) is 7.22. The van der Waals surface area contributed by atoms with Gasteiger partial charge in [-0.3, -0.25) is 4.90 Å². The molecule has 21 heavy (non-hydrogen) atoms. The number of rotatable bonds is 7. The Morgan fingerprint density at radius 1 is 1.38 bits per heavy atom. The predicted molar refractivity (Wildman–Crippen MR) is 81.8 cm³/mol. The Morgan fingerprint density at radius 3 is 2.71 bits per heavy atom. The summed E-state index contributed by atoms with van der Waals surface area (Å²) in [7, 11) is -1.67. The maximum absolute atomic E-state index is 11.2. The number of nitrogens with two attached hydrogens (primary N) is 1. The van der Waals surface area contributed by atoms with E-state index in [0.29, 0.717) is 18.4 Å². The lowest BCUT2D eigenvalue weighted by Crippen LogP contribution is -2.39. The van der Waals surface area contributed by atoms with Crippen LogP contribution in [0.5, 0.6) is 5.75 Å². The zero-order chi connectivity index (χ0) is 15.3. The molecule has 0 aromatic heterocycles. The molecule has 1 aromatic carbocycles. The van der Waals surface area contributed by atoms with Crippen molar-refractivity contribution in [1.29, 1.82) is 0 Å². The number of ether oxygens (including phenoxy) is 1. The molecule has 0 aliphatic carbocycles. The van der Waals surface area contributed by atoms with Gasteiger partial charge in [0.25, 0.3) is 0 Å². The largest absolute Gasteiger partial charge is 0.492 e. The van der Waals surface area contributed by atoms with Crippen molar-refractivity contribution in [2.75, 3.05) is 33.3 Å². The summed E-state index contributed by atoms with van der Waals surface area (Å²) in [5.74, 6) is 0.659. The molecule has 0 saturated carbocycles.